The molecule has 0 amide bonds. The van der Waals surface area contributed by atoms with E-state index in [1.165, 1.54) is 16.9 Å². The lowest BCUT2D eigenvalue weighted by Crippen LogP contribution is -2.27. The lowest BCUT2D eigenvalue weighted by Gasteiger charge is -1.98. The maximum absolute atomic E-state index is 9.00. The van der Waals surface area contributed by atoms with Gasteiger partial charge < -0.3 is 10.0 Å². The molecule has 0 bridgehead atoms. The van der Waals surface area contributed by atoms with Gasteiger partial charge >= 0.3 is 7.12 Å². The second-order valence-electron chi connectivity index (χ2n) is 3.49. The number of rotatable bonds is 2. The number of hydrogen-bond acceptors (Lipinski definition) is 3. The molecule has 0 spiro atoms. The average Bonchev–Trinajstić information content (AvgIpc) is 2.66. The van der Waals surface area contributed by atoms with Crippen molar-refractivity contribution in [2.75, 3.05) is 0 Å². The number of aryl methyl sites for hydroxylation is 1. The molecule has 0 saturated heterocycles. The minimum atomic E-state index is -1.38. The molecule has 1 aromatic carbocycles. The summed E-state index contributed by atoms with van der Waals surface area (Å²) in [7, 11) is -1.38. The van der Waals surface area contributed by atoms with Crippen molar-refractivity contribution < 1.29 is 10.0 Å². The molecule has 0 aliphatic rings. The van der Waals surface area contributed by atoms with Crippen LogP contribution in [0.1, 0.15) is 5.56 Å². The molecule has 0 atom stereocenters. The Morgan fingerprint density at radius 1 is 1.20 bits per heavy atom. The van der Waals surface area contributed by atoms with Crippen molar-refractivity contribution in [1.29, 1.82) is 0 Å². The topological polar surface area (TPSA) is 40.5 Å². The van der Waals surface area contributed by atoms with Crippen LogP contribution in [0, 0.1) is 6.92 Å². The Morgan fingerprint density at radius 3 is 2.60 bits per heavy atom. The molecule has 0 saturated carbocycles. The molecular weight excluding hydrogens is 207 g/mol. The number of thiophene rings is 1. The molecule has 2 rings (SSSR count). The first-order chi connectivity index (χ1) is 7.16. The Balaban J connectivity index is 2.37. The van der Waals surface area contributed by atoms with Crippen LogP contribution in [0.4, 0.5) is 0 Å². The van der Waals surface area contributed by atoms with Gasteiger partial charge in [0.1, 0.15) is 0 Å². The van der Waals surface area contributed by atoms with Gasteiger partial charge in [-0.1, -0.05) is 29.8 Å². The van der Waals surface area contributed by atoms with Crippen LogP contribution in [0.15, 0.2) is 35.7 Å². The molecule has 1 aromatic heterocycles. The normalized spacial score (nSPS) is 10.3. The zero-order valence-corrected chi connectivity index (χ0v) is 9.16. The summed E-state index contributed by atoms with van der Waals surface area (Å²) in [5.41, 5.74) is 2.87. The highest BCUT2D eigenvalue weighted by Gasteiger charge is 2.13. The number of benzene rings is 1. The second-order valence-corrected chi connectivity index (χ2v) is 4.40. The summed E-state index contributed by atoms with van der Waals surface area (Å²) in [6, 6.07) is 9.95. The summed E-state index contributed by atoms with van der Waals surface area (Å²) >= 11 is 1.52. The molecule has 4 heteroatoms. The van der Waals surface area contributed by atoms with Crippen LogP contribution in [0.25, 0.3) is 10.4 Å². The first-order valence-corrected chi connectivity index (χ1v) is 5.56. The van der Waals surface area contributed by atoms with Gasteiger partial charge in [0.15, 0.2) is 0 Å². The first kappa shape index (κ1) is 10.4. The lowest BCUT2D eigenvalue weighted by molar-refractivity contribution is 0.426. The highest BCUT2D eigenvalue weighted by molar-refractivity contribution is 7.14. The quantitative estimate of drug-likeness (QED) is 0.748. The SMILES string of the molecule is Cc1cccc(-c2cc(B(O)O)cs2)c1. The van der Waals surface area contributed by atoms with Gasteiger partial charge in [-0.05, 0) is 29.4 Å². The summed E-state index contributed by atoms with van der Waals surface area (Å²) in [4.78, 5) is 1.06. The molecule has 0 fully saturated rings. The molecule has 0 aliphatic heterocycles. The summed E-state index contributed by atoms with van der Waals surface area (Å²) in [6.45, 7) is 2.04. The van der Waals surface area contributed by atoms with E-state index in [1.54, 1.807) is 5.38 Å². The molecule has 2 N–H and O–H groups in total. The van der Waals surface area contributed by atoms with E-state index in [1.807, 2.05) is 31.2 Å². The van der Waals surface area contributed by atoms with Crippen LogP contribution in [-0.4, -0.2) is 17.2 Å². The van der Waals surface area contributed by atoms with Gasteiger partial charge in [-0.3, -0.25) is 0 Å². The van der Waals surface area contributed by atoms with E-state index in [4.69, 9.17) is 10.0 Å². The monoisotopic (exact) mass is 218 g/mol. The van der Waals surface area contributed by atoms with Crippen molar-refractivity contribution in [2.45, 2.75) is 6.92 Å². The minimum absolute atomic E-state index is 0.552. The smallest absolute Gasteiger partial charge is 0.423 e. The zero-order chi connectivity index (χ0) is 10.8. The van der Waals surface area contributed by atoms with Crippen molar-refractivity contribution in [3.8, 4) is 10.4 Å². The molecular formula is C11H11BO2S. The van der Waals surface area contributed by atoms with E-state index in [2.05, 4.69) is 6.07 Å². The van der Waals surface area contributed by atoms with Gasteiger partial charge in [0.2, 0.25) is 0 Å². The van der Waals surface area contributed by atoms with E-state index in [9.17, 15) is 0 Å². The highest BCUT2D eigenvalue weighted by atomic mass is 32.1. The van der Waals surface area contributed by atoms with Crippen molar-refractivity contribution in [3.05, 3.63) is 41.3 Å². The molecule has 2 nitrogen and oxygen atoms in total. The van der Waals surface area contributed by atoms with Crippen LogP contribution >= 0.6 is 11.3 Å². The Bertz CT molecular complexity index is 465. The summed E-state index contributed by atoms with van der Waals surface area (Å²) < 4.78 is 0. The lowest BCUT2D eigenvalue weighted by atomic mass is 9.82. The molecule has 1 heterocycles. The van der Waals surface area contributed by atoms with E-state index < -0.39 is 7.12 Å². The van der Waals surface area contributed by atoms with Gasteiger partial charge in [0.25, 0.3) is 0 Å². The average molecular weight is 218 g/mol. The van der Waals surface area contributed by atoms with Gasteiger partial charge in [0, 0.05) is 4.88 Å². The van der Waals surface area contributed by atoms with Gasteiger partial charge in [-0.15, -0.1) is 11.3 Å². The highest BCUT2D eigenvalue weighted by Crippen LogP contribution is 2.24. The number of hydrogen-bond donors (Lipinski definition) is 2. The fraction of sp³-hybridized carbons (Fsp3) is 0.0909. The summed E-state index contributed by atoms with van der Waals surface area (Å²) in [5, 5.41) is 19.8. The third kappa shape index (κ3) is 2.29. The van der Waals surface area contributed by atoms with Crippen LogP contribution in [0.2, 0.25) is 0 Å². The first-order valence-electron chi connectivity index (χ1n) is 4.68. The Hall–Kier alpha value is -1.10. The Labute approximate surface area is 93.0 Å². The third-order valence-corrected chi connectivity index (χ3v) is 3.22. The molecule has 0 radical (unpaired) electrons. The standard InChI is InChI=1S/C11H11BO2S/c1-8-3-2-4-9(5-8)11-6-10(7-15-11)12(13)14/h2-7,13-14H,1H3. The van der Waals surface area contributed by atoms with Crippen molar-refractivity contribution in [2.24, 2.45) is 0 Å². The minimum Gasteiger partial charge on any atom is -0.423 e. The van der Waals surface area contributed by atoms with Crippen molar-refractivity contribution >= 4 is 23.9 Å². The molecule has 0 unspecified atom stereocenters. The van der Waals surface area contributed by atoms with Crippen LogP contribution in [-0.2, 0) is 0 Å². The summed E-state index contributed by atoms with van der Waals surface area (Å²) in [5.74, 6) is 0. The summed E-state index contributed by atoms with van der Waals surface area (Å²) in [6.07, 6.45) is 0. The van der Waals surface area contributed by atoms with Gasteiger partial charge in [-0.25, -0.2) is 0 Å². The van der Waals surface area contributed by atoms with E-state index in [-0.39, 0.29) is 0 Å². The molecule has 15 heavy (non-hydrogen) atoms. The van der Waals surface area contributed by atoms with Crippen LogP contribution in [0.5, 0.6) is 0 Å². The maximum atomic E-state index is 9.00. The van der Waals surface area contributed by atoms with Crippen LogP contribution in [0.3, 0.4) is 0 Å². The van der Waals surface area contributed by atoms with Gasteiger partial charge in [-0.2, -0.15) is 0 Å². The predicted molar refractivity (Wildman–Crippen MR) is 64.3 cm³/mol. The largest absolute Gasteiger partial charge is 0.489 e. The Morgan fingerprint density at radius 2 is 2.00 bits per heavy atom. The fourth-order valence-electron chi connectivity index (χ4n) is 1.44. The van der Waals surface area contributed by atoms with Crippen molar-refractivity contribution in [3.63, 3.8) is 0 Å². The second kappa shape index (κ2) is 4.19. The molecule has 76 valence electrons. The Kier molecular flexibility index (Phi) is 2.91. The van der Waals surface area contributed by atoms with E-state index in [0.717, 1.165) is 10.4 Å². The van der Waals surface area contributed by atoms with Crippen molar-refractivity contribution in [1.82, 2.24) is 0 Å². The molecule has 2 aromatic rings. The van der Waals surface area contributed by atoms with E-state index >= 15 is 0 Å². The maximum Gasteiger partial charge on any atom is 0.489 e. The third-order valence-electron chi connectivity index (χ3n) is 2.22. The predicted octanol–water partition coefficient (Wildman–Crippen LogP) is 1.40. The van der Waals surface area contributed by atoms with E-state index in [0.29, 0.717) is 5.46 Å². The zero-order valence-electron chi connectivity index (χ0n) is 8.34. The van der Waals surface area contributed by atoms with Crippen LogP contribution < -0.4 is 5.46 Å². The molecule has 0 aliphatic carbocycles. The van der Waals surface area contributed by atoms with Gasteiger partial charge in [0.05, 0.1) is 0 Å². The fourth-order valence-corrected chi connectivity index (χ4v) is 2.36.